The molecule has 0 spiro atoms. The number of benzene rings is 2. The van der Waals surface area contributed by atoms with Crippen LogP contribution in [-0.4, -0.2) is 31.7 Å². The first-order valence-corrected chi connectivity index (χ1v) is 9.56. The van der Waals surface area contributed by atoms with E-state index in [-0.39, 0.29) is 12.1 Å². The molecule has 1 aliphatic heterocycles. The summed E-state index contributed by atoms with van der Waals surface area (Å²) < 4.78 is 10.6. The molecule has 1 N–H and O–H groups in total. The zero-order valence-corrected chi connectivity index (χ0v) is 16.5. The van der Waals surface area contributed by atoms with Crippen molar-refractivity contribution in [3.63, 3.8) is 0 Å². The molecular formula is C21H25ClN2O3. The van der Waals surface area contributed by atoms with Crippen molar-refractivity contribution in [3.05, 3.63) is 53.1 Å². The van der Waals surface area contributed by atoms with E-state index in [1.54, 1.807) is 26.4 Å². The second-order valence-electron chi connectivity index (χ2n) is 6.58. The summed E-state index contributed by atoms with van der Waals surface area (Å²) in [5, 5.41) is 3.70. The standard InChI is InChI=1S/C21H25ClN2O3/c1-26-19-12-11-15(14-20(19)27-2)23-21(25)24-13-7-3-4-10-18(24)16-8-5-6-9-17(16)22/h5-6,8-9,11-12,14,18H,3-4,7,10,13H2,1-2H3,(H,23,25). The molecule has 0 bridgehead atoms. The molecule has 1 saturated heterocycles. The van der Waals surface area contributed by atoms with Crippen LogP contribution >= 0.6 is 11.6 Å². The molecule has 0 radical (unpaired) electrons. The van der Waals surface area contributed by atoms with Gasteiger partial charge < -0.3 is 19.7 Å². The van der Waals surface area contributed by atoms with Crippen LogP contribution in [0.2, 0.25) is 5.02 Å². The molecule has 144 valence electrons. The molecule has 2 aromatic rings. The molecule has 1 fully saturated rings. The quantitative estimate of drug-likeness (QED) is 0.751. The van der Waals surface area contributed by atoms with Gasteiger partial charge in [-0.05, 0) is 36.6 Å². The van der Waals surface area contributed by atoms with Crippen LogP contribution in [0.3, 0.4) is 0 Å². The number of nitrogens with one attached hydrogen (secondary N) is 1. The van der Waals surface area contributed by atoms with Gasteiger partial charge in [0.15, 0.2) is 11.5 Å². The molecule has 27 heavy (non-hydrogen) atoms. The number of carbonyl (C=O) groups excluding carboxylic acids is 1. The van der Waals surface area contributed by atoms with Crippen molar-refractivity contribution in [2.24, 2.45) is 0 Å². The largest absolute Gasteiger partial charge is 0.493 e. The maximum atomic E-state index is 13.1. The Bertz CT molecular complexity index is 797. The first-order valence-electron chi connectivity index (χ1n) is 9.18. The van der Waals surface area contributed by atoms with Crippen molar-refractivity contribution in [2.75, 3.05) is 26.1 Å². The van der Waals surface area contributed by atoms with Crippen molar-refractivity contribution in [1.29, 1.82) is 0 Å². The third kappa shape index (κ3) is 4.48. The third-order valence-electron chi connectivity index (χ3n) is 4.91. The van der Waals surface area contributed by atoms with Crippen molar-refractivity contribution >= 4 is 23.3 Å². The molecule has 0 aliphatic carbocycles. The Morgan fingerprint density at radius 3 is 2.59 bits per heavy atom. The minimum atomic E-state index is -0.131. The molecule has 0 saturated carbocycles. The second-order valence-corrected chi connectivity index (χ2v) is 6.99. The summed E-state index contributed by atoms with van der Waals surface area (Å²) in [6.07, 6.45) is 4.08. The molecule has 2 amide bonds. The summed E-state index contributed by atoms with van der Waals surface area (Å²) in [5.74, 6) is 1.20. The molecule has 2 aromatic carbocycles. The Morgan fingerprint density at radius 2 is 1.85 bits per heavy atom. The zero-order valence-electron chi connectivity index (χ0n) is 15.7. The predicted molar refractivity (Wildman–Crippen MR) is 108 cm³/mol. The van der Waals surface area contributed by atoms with Crippen LogP contribution in [0.1, 0.15) is 37.3 Å². The van der Waals surface area contributed by atoms with E-state index >= 15 is 0 Å². The van der Waals surface area contributed by atoms with Gasteiger partial charge in [0.25, 0.3) is 0 Å². The van der Waals surface area contributed by atoms with Crippen LogP contribution in [-0.2, 0) is 0 Å². The van der Waals surface area contributed by atoms with E-state index < -0.39 is 0 Å². The first-order chi connectivity index (χ1) is 13.1. The summed E-state index contributed by atoms with van der Waals surface area (Å²) in [4.78, 5) is 15.0. The van der Waals surface area contributed by atoms with Crippen LogP contribution in [0, 0.1) is 0 Å². The lowest BCUT2D eigenvalue weighted by molar-refractivity contribution is 0.189. The number of halogens is 1. The fourth-order valence-electron chi connectivity index (χ4n) is 3.53. The molecule has 1 atom stereocenters. The lowest BCUT2D eigenvalue weighted by Crippen LogP contribution is -2.38. The monoisotopic (exact) mass is 388 g/mol. The van der Waals surface area contributed by atoms with Crippen LogP contribution in [0.4, 0.5) is 10.5 Å². The van der Waals surface area contributed by atoms with Crippen LogP contribution < -0.4 is 14.8 Å². The second kappa shape index (κ2) is 9.00. The van der Waals surface area contributed by atoms with Gasteiger partial charge in [-0.3, -0.25) is 0 Å². The Labute approximate surface area is 165 Å². The number of nitrogens with zero attached hydrogens (tertiary/aromatic N) is 1. The summed E-state index contributed by atoms with van der Waals surface area (Å²) in [5.41, 5.74) is 1.67. The van der Waals surface area contributed by atoms with E-state index in [0.717, 1.165) is 31.2 Å². The minimum absolute atomic E-state index is 0.0265. The lowest BCUT2D eigenvalue weighted by Gasteiger charge is -2.31. The van der Waals surface area contributed by atoms with Crippen molar-refractivity contribution < 1.29 is 14.3 Å². The van der Waals surface area contributed by atoms with Gasteiger partial charge in [-0.15, -0.1) is 0 Å². The maximum absolute atomic E-state index is 13.1. The Morgan fingerprint density at radius 1 is 1.07 bits per heavy atom. The first kappa shape index (κ1) is 19.4. The van der Waals surface area contributed by atoms with E-state index in [2.05, 4.69) is 5.32 Å². The van der Waals surface area contributed by atoms with E-state index in [9.17, 15) is 4.79 Å². The highest BCUT2D eigenvalue weighted by Crippen LogP contribution is 2.35. The molecule has 6 heteroatoms. The number of hydrogen-bond acceptors (Lipinski definition) is 3. The molecule has 3 rings (SSSR count). The number of hydrogen-bond donors (Lipinski definition) is 1. The average Bonchev–Trinajstić information content (AvgIpc) is 2.94. The summed E-state index contributed by atoms with van der Waals surface area (Å²) in [6, 6.07) is 13.0. The summed E-state index contributed by atoms with van der Waals surface area (Å²) in [6.45, 7) is 0.703. The maximum Gasteiger partial charge on any atom is 0.322 e. The molecular weight excluding hydrogens is 364 g/mol. The van der Waals surface area contributed by atoms with Crippen LogP contribution in [0.15, 0.2) is 42.5 Å². The molecule has 1 heterocycles. The number of urea groups is 1. The summed E-state index contributed by atoms with van der Waals surface area (Å²) in [7, 11) is 3.16. The SMILES string of the molecule is COc1ccc(NC(=O)N2CCCCCC2c2ccccc2Cl)cc1OC. The number of ether oxygens (including phenoxy) is 2. The van der Waals surface area contributed by atoms with Gasteiger partial charge in [0.2, 0.25) is 0 Å². The number of anilines is 1. The van der Waals surface area contributed by atoms with Crippen molar-refractivity contribution in [1.82, 2.24) is 4.90 Å². The van der Waals surface area contributed by atoms with Gasteiger partial charge >= 0.3 is 6.03 Å². The molecule has 1 unspecified atom stereocenters. The molecule has 5 nitrogen and oxygen atoms in total. The number of carbonyl (C=O) groups is 1. The number of likely N-dealkylation sites (tertiary alicyclic amines) is 1. The van der Waals surface area contributed by atoms with E-state index in [0.29, 0.717) is 28.8 Å². The number of amides is 2. The normalized spacial score (nSPS) is 17.1. The smallest absolute Gasteiger partial charge is 0.322 e. The highest BCUT2D eigenvalue weighted by Gasteiger charge is 2.28. The Balaban J connectivity index is 1.83. The number of rotatable bonds is 4. The molecule has 1 aliphatic rings. The Hall–Kier alpha value is -2.40. The van der Waals surface area contributed by atoms with Gasteiger partial charge in [-0.25, -0.2) is 4.79 Å². The third-order valence-corrected chi connectivity index (χ3v) is 5.26. The van der Waals surface area contributed by atoms with Gasteiger partial charge in [0.05, 0.1) is 20.3 Å². The number of methoxy groups -OCH3 is 2. The topological polar surface area (TPSA) is 50.8 Å². The van der Waals surface area contributed by atoms with Gasteiger partial charge in [-0.2, -0.15) is 0 Å². The zero-order chi connectivity index (χ0) is 19.2. The minimum Gasteiger partial charge on any atom is -0.493 e. The van der Waals surface area contributed by atoms with E-state index in [1.807, 2.05) is 35.2 Å². The van der Waals surface area contributed by atoms with Crippen LogP contribution in [0.5, 0.6) is 11.5 Å². The van der Waals surface area contributed by atoms with E-state index in [4.69, 9.17) is 21.1 Å². The Kier molecular flexibility index (Phi) is 6.45. The summed E-state index contributed by atoms with van der Waals surface area (Å²) >= 11 is 6.43. The fraction of sp³-hybridized carbons (Fsp3) is 0.381. The lowest BCUT2D eigenvalue weighted by atomic mass is 10.0. The molecule has 0 aromatic heterocycles. The van der Waals surface area contributed by atoms with Gasteiger partial charge in [-0.1, -0.05) is 42.6 Å². The highest BCUT2D eigenvalue weighted by atomic mass is 35.5. The predicted octanol–water partition coefficient (Wildman–Crippen LogP) is 5.51. The van der Waals surface area contributed by atoms with E-state index in [1.165, 1.54) is 0 Å². The van der Waals surface area contributed by atoms with Crippen molar-refractivity contribution in [2.45, 2.75) is 31.7 Å². The van der Waals surface area contributed by atoms with Gasteiger partial charge in [0.1, 0.15) is 0 Å². The fourth-order valence-corrected chi connectivity index (χ4v) is 3.79. The average molecular weight is 389 g/mol. The van der Waals surface area contributed by atoms with Crippen molar-refractivity contribution in [3.8, 4) is 11.5 Å². The van der Waals surface area contributed by atoms with Gasteiger partial charge in [0, 0.05) is 23.3 Å². The van der Waals surface area contributed by atoms with Crippen LogP contribution in [0.25, 0.3) is 0 Å². The highest BCUT2D eigenvalue weighted by molar-refractivity contribution is 6.31.